The van der Waals surface area contributed by atoms with Crippen LogP contribution >= 0.6 is 11.8 Å². The lowest BCUT2D eigenvalue weighted by Gasteiger charge is -2.08. The fraction of sp³-hybridized carbons (Fsp3) is 0.692. The van der Waals surface area contributed by atoms with Crippen LogP contribution in [0, 0.1) is 12.8 Å². The van der Waals surface area contributed by atoms with Gasteiger partial charge in [-0.2, -0.15) is 11.8 Å². The van der Waals surface area contributed by atoms with Gasteiger partial charge in [0, 0.05) is 18.8 Å². The van der Waals surface area contributed by atoms with Crippen LogP contribution in [0.5, 0.6) is 0 Å². The summed E-state index contributed by atoms with van der Waals surface area (Å²) in [4.78, 5) is 8.95. The average molecular weight is 251 g/mol. The SMILES string of the molecule is CNc1cc(C)nc(CSCC2CCCC2)n1. The van der Waals surface area contributed by atoms with Crippen LogP contribution in [0.25, 0.3) is 0 Å². The number of thioether (sulfide) groups is 1. The Kier molecular flexibility index (Phi) is 4.66. The molecule has 0 saturated heterocycles. The molecular formula is C13H21N3S. The molecule has 2 rings (SSSR count). The first-order chi connectivity index (χ1) is 8.28. The van der Waals surface area contributed by atoms with Gasteiger partial charge in [0.15, 0.2) is 0 Å². The van der Waals surface area contributed by atoms with Crippen molar-refractivity contribution in [1.82, 2.24) is 9.97 Å². The molecule has 1 aromatic rings. The van der Waals surface area contributed by atoms with Crippen LogP contribution in [0.2, 0.25) is 0 Å². The second kappa shape index (κ2) is 6.24. The summed E-state index contributed by atoms with van der Waals surface area (Å²) in [6, 6.07) is 1.98. The summed E-state index contributed by atoms with van der Waals surface area (Å²) in [5, 5.41) is 3.08. The molecule has 1 fully saturated rings. The first kappa shape index (κ1) is 12.7. The molecule has 0 aromatic carbocycles. The van der Waals surface area contributed by atoms with Gasteiger partial charge in [0.05, 0.1) is 5.75 Å². The molecule has 94 valence electrons. The van der Waals surface area contributed by atoms with Gasteiger partial charge < -0.3 is 5.32 Å². The van der Waals surface area contributed by atoms with Crippen molar-refractivity contribution >= 4 is 17.6 Å². The van der Waals surface area contributed by atoms with E-state index < -0.39 is 0 Å². The van der Waals surface area contributed by atoms with Crippen molar-refractivity contribution in [3.05, 3.63) is 17.6 Å². The van der Waals surface area contributed by atoms with Gasteiger partial charge in [0.25, 0.3) is 0 Å². The largest absolute Gasteiger partial charge is 0.373 e. The lowest BCUT2D eigenvalue weighted by Crippen LogP contribution is -2.02. The molecule has 1 aromatic heterocycles. The van der Waals surface area contributed by atoms with E-state index in [4.69, 9.17) is 0 Å². The molecule has 0 bridgehead atoms. The van der Waals surface area contributed by atoms with Crippen LogP contribution in [0.3, 0.4) is 0 Å². The van der Waals surface area contributed by atoms with Crippen LogP contribution in [0.4, 0.5) is 5.82 Å². The maximum atomic E-state index is 4.47. The van der Waals surface area contributed by atoms with Crippen molar-refractivity contribution in [3.63, 3.8) is 0 Å². The van der Waals surface area contributed by atoms with Crippen molar-refractivity contribution in [2.75, 3.05) is 18.1 Å². The maximum absolute atomic E-state index is 4.47. The van der Waals surface area contributed by atoms with Crippen molar-refractivity contribution < 1.29 is 0 Å². The summed E-state index contributed by atoms with van der Waals surface area (Å²) in [6.07, 6.45) is 5.69. The predicted octanol–water partition coefficient (Wildman–Crippen LogP) is 3.25. The molecular weight excluding hydrogens is 230 g/mol. The van der Waals surface area contributed by atoms with Crippen molar-refractivity contribution in [3.8, 4) is 0 Å². The van der Waals surface area contributed by atoms with Gasteiger partial charge in [-0.25, -0.2) is 9.97 Å². The van der Waals surface area contributed by atoms with Crippen molar-refractivity contribution in [2.45, 2.75) is 38.4 Å². The smallest absolute Gasteiger partial charge is 0.140 e. The molecule has 17 heavy (non-hydrogen) atoms. The van der Waals surface area contributed by atoms with E-state index >= 15 is 0 Å². The first-order valence-corrected chi connectivity index (χ1v) is 7.53. The highest BCUT2D eigenvalue weighted by molar-refractivity contribution is 7.98. The second-order valence-corrected chi connectivity index (χ2v) is 5.76. The second-order valence-electron chi connectivity index (χ2n) is 4.73. The van der Waals surface area contributed by atoms with Gasteiger partial charge in [-0.05, 0) is 31.4 Å². The third kappa shape index (κ3) is 3.87. The monoisotopic (exact) mass is 251 g/mol. The van der Waals surface area contributed by atoms with E-state index in [2.05, 4.69) is 15.3 Å². The van der Waals surface area contributed by atoms with Crippen LogP contribution in [0.15, 0.2) is 6.07 Å². The van der Waals surface area contributed by atoms with Crippen LogP contribution < -0.4 is 5.32 Å². The number of anilines is 1. The number of hydrogen-bond donors (Lipinski definition) is 1. The lowest BCUT2D eigenvalue weighted by atomic mass is 10.1. The molecule has 0 radical (unpaired) electrons. The number of rotatable bonds is 5. The molecule has 1 aliphatic rings. The van der Waals surface area contributed by atoms with Gasteiger partial charge in [-0.3, -0.25) is 0 Å². The molecule has 0 amide bonds. The minimum Gasteiger partial charge on any atom is -0.373 e. The average Bonchev–Trinajstić information content (AvgIpc) is 2.81. The van der Waals surface area contributed by atoms with Gasteiger partial charge in [0.2, 0.25) is 0 Å². The minimum atomic E-state index is 0.925. The third-order valence-corrected chi connectivity index (χ3v) is 4.39. The maximum Gasteiger partial charge on any atom is 0.140 e. The minimum absolute atomic E-state index is 0.925. The predicted molar refractivity (Wildman–Crippen MR) is 74.4 cm³/mol. The highest BCUT2D eigenvalue weighted by atomic mass is 32.2. The Labute approximate surface area is 108 Å². The number of hydrogen-bond acceptors (Lipinski definition) is 4. The molecule has 0 aliphatic heterocycles. The lowest BCUT2D eigenvalue weighted by molar-refractivity contribution is 0.623. The van der Waals surface area contributed by atoms with E-state index in [0.717, 1.165) is 29.0 Å². The summed E-state index contributed by atoms with van der Waals surface area (Å²) in [5.41, 5.74) is 1.04. The highest BCUT2D eigenvalue weighted by Crippen LogP contribution is 2.28. The number of aromatic nitrogens is 2. The zero-order chi connectivity index (χ0) is 12.1. The Balaban J connectivity index is 1.83. The van der Waals surface area contributed by atoms with Crippen molar-refractivity contribution in [2.24, 2.45) is 5.92 Å². The zero-order valence-electron chi connectivity index (χ0n) is 10.7. The normalized spacial score (nSPS) is 16.4. The quantitative estimate of drug-likeness (QED) is 0.871. The molecule has 3 nitrogen and oxygen atoms in total. The Bertz CT molecular complexity index is 362. The number of aryl methyl sites for hydroxylation is 1. The molecule has 1 heterocycles. The summed E-state index contributed by atoms with van der Waals surface area (Å²) in [5.74, 6) is 5.03. The van der Waals surface area contributed by atoms with E-state index in [1.54, 1.807) is 0 Å². The van der Waals surface area contributed by atoms with E-state index in [0.29, 0.717) is 0 Å². The Hall–Kier alpha value is -0.770. The van der Waals surface area contributed by atoms with E-state index in [1.165, 1.54) is 31.4 Å². The molecule has 1 aliphatic carbocycles. The highest BCUT2D eigenvalue weighted by Gasteiger charge is 2.14. The molecule has 0 spiro atoms. The zero-order valence-corrected chi connectivity index (χ0v) is 11.5. The van der Waals surface area contributed by atoms with Crippen LogP contribution in [-0.4, -0.2) is 22.8 Å². The first-order valence-electron chi connectivity index (χ1n) is 6.38. The molecule has 1 saturated carbocycles. The molecule has 0 unspecified atom stereocenters. The molecule has 1 N–H and O–H groups in total. The van der Waals surface area contributed by atoms with Gasteiger partial charge in [-0.1, -0.05) is 12.8 Å². The fourth-order valence-electron chi connectivity index (χ4n) is 2.32. The third-order valence-electron chi connectivity index (χ3n) is 3.22. The standard InChI is InChI=1S/C13H21N3S/c1-10-7-12(14-2)16-13(15-10)9-17-8-11-5-3-4-6-11/h7,11H,3-6,8-9H2,1-2H3,(H,14,15,16). The Morgan fingerprint density at radius 2 is 2.12 bits per heavy atom. The van der Waals surface area contributed by atoms with E-state index in [9.17, 15) is 0 Å². The van der Waals surface area contributed by atoms with Crippen molar-refractivity contribution in [1.29, 1.82) is 0 Å². The van der Waals surface area contributed by atoms with Gasteiger partial charge in [-0.15, -0.1) is 0 Å². The summed E-state index contributed by atoms with van der Waals surface area (Å²) in [7, 11) is 1.90. The van der Waals surface area contributed by atoms with E-state index in [1.807, 2.05) is 31.8 Å². The van der Waals surface area contributed by atoms with Gasteiger partial charge in [0.1, 0.15) is 11.6 Å². The summed E-state index contributed by atoms with van der Waals surface area (Å²) >= 11 is 1.98. The Morgan fingerprint density at radius 1 is 1.35 bits per heavy atom. The number of nitrogens with one attached hydrogen (secondary N) is 1. The summed E-state index contributed by atoms with van der Waals surface area (Å²) < 4.78 is 0. The summed E-state index contributed by atoms with van der Waals surface area (Å²) in [6.45, 7) is 2.02. The fourth-order valence-corrected chi connectivity index (χ4v) is 3.41. The van der Waals surface area contributed by atoms with Gasteiger partial charge >= 0.3 is 0 Å². The Morgan fingerprint density at radius 3 is 2.82 bits per heavy atom. The van der Waals surface area contributed by atoms with Crippen LogP contribution in [-0.2, 0) is 5.75 Å². The molecule has 4 heteroatoms. The topological polar surface area (TPSA) is 37.8 Å². The molecule has 0 atom stereocenters. The van der Waals surface area contributed by atoms with Crippen LogP contribution in [0.1, 0.15) is 37.2 Å². The number of nitrogens with zero attached hydrogens (tertiary/aromatic N) is 2. The van der Waals surface area contributed by atoms with E-state index in [-0.39, 0.29) is 0 Å².